The zero-order valence-corrected chi connectivity index (χ0v) is 18.0. The molecule has 0 spiro atoms. The summed E-state index contributed by atoms with van der Waals surface area (Å²) in [6, 6.07) is 8.65. The van der Waals surface area contributed by atoms with Gasteiger partial charge in [0.25, 0.3) is 5.56 Å². The summed E-state index contributed by atoms with van der Waals surface area (Å²) < 4.78 is 7.75. The minimum atomic E-state index is -0.253. The number of ketones is 1. The third-order valence-electron chi connectivity index (χ3n) is 5.30. The van der Waals surface area contributed by atoms with Crippen LogP contribution in [-0.4, -0.2) is 25.9 Å². The lowest BCUT2D eigenvalue weighted by molar-refractivity contribution is -0.0411. The molecule has 0 bridgehead atoms. The fourth-order valence-corrected chi connectivity index (χ4v) is 4.88. The summed E-state index contributed by atoms with van der Waals surface area (Å²) in [7, 11) is 0. The highest BCUT2D eigenvalue weighted by molar-refractivity contribution is 7.25. The monoisotopic (exact) mass is 439 g/mol. The quantitative estimate of drug-likeness (QED) is 0.442. The van der Waals surface area contributed by atoms with E-state index in [1.54, 1.807) is 24.3 Å². The van der Waals surface area contributed by atoms with Crippen molar-refractivity contribution in [1.29, 1.82) is 0 Å². The number of pyridine rings is 1. The maximum Gasteiger partial charge on any atom is 0.271 e. The molecule has 4 heterocycles. The molecule has 1 aliphatic heterocycles. The highest BCUT2D eigenvalue weighted by Gasteiger charge is 2.28. The van der Waals surface area contributed by atoms with Gasteiger partial charge in [-0.25, -0.2) is 9.97 Å². The van der Waals surface area contributed by atoms with Crippen molar-refractivity contribution < 1.29 is 9.53 Å². The van der Waals surface area contributed by atoms with Crippen molar-refractivity contribution in [1.82, 2.24) is 14.5 Å². The number of Topliss-reactive ketones (excluding diaryl/α,β-unsaturated/α-hetero) is 1. The van der Waals surface area contributed by atoms with Gasteiger partial charge in [0.2, 0.25) is 0 Å². The summed E-state index contributed by atoms with van der Waals surface area (Å²) in [5.74, 6) is -0.177. The second-order valence-electron chi connectivity index (χ2n) is 8.06. The standard InChI is InChI=1S/C22H18ClN3O3S/c1-22(2)8-16-13(10-29-22)7-15-18-19(30-20(15)25-16)21(28)26(11-24-18)9-17(27)12-3-5-14(23)6-4-12/h3-7,11H,8-10H2,1-2H3. The predicted octanol–water partition coefficient (Wildman–Crippen LogP) is 4.39. The number of carbonyl (C=O) groups excluding carboxylic acids is 1. The lowest BCUT2D eigenvalue weighted by Crippen LogP contribution is -2.32. The van der Waals surface area contributed by atoms with E-state index < -0.39 is 0 Å². The molecule has 1 aromatic carbocycles. The summed E-state index contributed by atoms with van der Waals surface area (Å²) in [6.45, 7) is 4.51. The van der Waals surface area contributed by atoms with Crippen LogP contribution in [0.5, 0.6) is 0 Å². The van der Waals surface area contributed by atoms with Crippen LogP contribution in [-0.2, 0) is 24.3 Å². The van der Waals surface area contributed by atoms with E-state index in [0.717, 1.165) is 27.9 Å². The molecule has 0 saturated carbocycles. The number of benzene rings is 1. The molecule has 3 aromatic heterocycles. The molecule has 5 rings (SSSR count). The van der Waals surface area contributed by atoms with Crippen LogP contribution in [0.4, 0.5) is 0 Å². The number of rotatable bonds is 3. The number of carbonyl (C=O) groups is 1. The molecule has 0 N–H and O–H groups in total. The van der Waals surface area contributed by atoms with Crippen LogP contribution in [0.15, 0.2) is 41.5 Å². The lowest BCUT2D eigenvalue weighted by Gasteiger charge is -2.30. The Hall–Kier alpha value is -2.61. The molecule has 0 radical (unpaired) electrons. The van der Waals surface area contributed by atoms with Crippen LogP contribution in [0.3, 0.4) is 0 Å². The summed E-state index contributed by atoms with van der Waals surface area (Å²) in [4.78, 5) is 35.7. The van der Waals surface area contributed by atoms with Crippen LogP contribution in [0.1, 0.15) is 35.5 Å². The number of aromatic nitrogens is 3. The fourth-order valence-electron chi connectivity index (χ4n) is 3.67. The van der Waals surface area contributed by atoms with Gasteiger partial charge in [0, 0.05) is 28.0 Å². The van der Waals surface area contributed by atoms with Gasteiger partial charge in [-0.15, -0.1) is 11.3 Å². The first-order chi connectivity index (χ1) is 14.3. The SMILES string of the molecule is CC1(C)Cc2nc3sc4c(=O)n(CC(=O)c5ccc(Cl)cc5)cnc4c3cc2CO1. The highest BCUT2D eigenvalue weighted by Crippen LogP contribution is 2.34. The summed E-state index contributed by atoms with van der Waals surface area (Å²) in [5.41, 5.74) is 2.67. The molecule has 0 aliphatic carbocycles. The molecule has 1 aliphatic rings. The molecule has 30 heavy (non-hydrogen) atoms. The van der Waals surface area contributed by atoms with E-state index in [1.807, 2.05) is 19.9 Å². The van der Waals surface area contributed by atoms with Gasteiger partial charge >= 0.3 is 0 Å². The van der Waals surface area contributed by atoms with E-state index >= 15 is 0 Å². The van der Waals surface area contributed by atoms with Gasteiger partial charge in [0.1, 0.15) is 9.53 Å². The van der Waals surface area contributed by atoms with Crippen molar-refractivity contribution in [2.75, 3.05) is 0 Å². The van der Waals surface area contributed by atoms with Crippen molar-refractivity contribution in [3.63, 3.8) is 0 Å². The average molecular weight is 440 g/mol. The zero-order chi connectivity index (χ0) is 21.0. The molecule has 0 amide bonds. The summed E-state index contributed by atoms with van der Waals surface area (Å²) in [6.07, 6.45) is 2.16. The maximum atomic E-state index is 13.1. The second-order valence-corrected chi connectivity index (χ2v) is 9.50. The zero-order valence-electron chi connectivity index (χ0n) is 16.4. The number of halogens is 1. The molecule has 8 heteroatoms. The Morgan fingerprint density at radius 2 is 2.07 bits per heavy atom. The van der Waals surface area contributed by atoms with Gasteiger partial charge in [0.15, 0.2) is 5.78 Å². The number of hydrogen-bond donors (Lipinski definition) is 0. The Morgan fingerprint density at radius 3 is 2.83 bits per heavy atom. The molecule has 152 valence electrons. The second kappa shape index (κ2) is 6.97. The Labute approximate surface area is 181 Å². The van der Waals surface area contributed by atoms with Gasteiger partial charge in [0.05, 0.1) is 36.3 Å². The fraction of sp³-hybridized carbons (Fsp3) is 0.273. The van der Waals surface area contributed by atoms with Crippen molar-refractivity contribution in [3.05, 3.63) is 68.9 Å². The van der Waals surface area contributed by atoms with Crippen LogP contribution < -0.4 is 5.56 Å². The molecule has 4 aromatic rings. The van der Waals surface area contributed by atoms with Gasteiger partial charge < -0.3 is 4.74 Å². The average Bonchev–Trinajstić information content (AvgIpc) is 3.06. The minimum absolute atomic E-state index is 0.0798. The van der Waals surface area contributed by atoms with Crippen molar-refractivity contribution >= 4 is 49.2 Å². The van der Waals surface area contributed by atoms with E-state index in [1.165, 1.54) is 22.2 Å². The van der Waals surface area contributed by atoms with Crippen LogP contribution in [0.2, 0.25) is 5.02 Å². The summed E-state index contributed by atoms with van der Waals surface area (Å²) in [5, 5.41) is 1.41. The van der Waals surface area contributed by atoms with Crippen molar-refractivity contribution in [3.8, 4) is 0 Å². The normalized spacial score (nSPS) is 15.4. The third-order valence-corrected chi connectivity index (χ3v) is 6.63. The van der Waals surface area contributed by atoms with E-state index in [0.29, 0.717) is 27.4 Å². The number of ether oxygens (including phenoxy) is 1. The van der Waals surface area contributed by atoms with Gasteiger partial charge in [-0.1, -0.05) is 11.6 Å². The minimum Gasteiger partial charge on any atom is -0.370 e. The molecule has 0 atom stereocenters. The van der Waals surface area contributed by atoms with Crippen molar-refractivity contribution in [2.24, 2.45) is 0 Å². The van der Waals surface area contributed by atoms with Gasteiger partial charge in [-0.2, -0.15) is 0 Å². The molecule has 0 unspecified atom stereocenters. The van der Waals surface area contributed by atoms with Gasteiger partial charge in [-0.05, 0) is 44.2 Å². The number of hydrogen-bond acceptors (Lipinski definition) is 6. The predicted molar refractivity (Wildman–Crippen MR) is 118 cm³/mol. The van der Waals surface area contributed by atoms with Crippen LogP contribution in [0.25, 0.3) is 20.4 Å². The van der Waals surface area contributed by atoms with Crippen molar-refractivity contribution in [2.45, 2.75) is 39.0 Å². The largest absolute Gasteiger partial charge is 0.370 e. The molecular weight excluding hydrogens is 422 g/mol. The van der Waals surface area contributed by atoms with Crippen LogP contribution in [0, 0.1) is 0 Å². The van der Waals surface area contributed by atoms with Crippen LogP contribution >= 0.6 is 22.9 Å². The first-order valence-corrected chi connectivity index (χ1v) is 10.7. The summed E-state index contributed by atoms with van der Waals surface area (Å²) >= 11 is 7.20. The van der Waals surface area contributed by atoms with E-state index in [2.05, 4.69) is 4.98 Å². The highest BCUT2D eigenvalue weighted by atomic mass is 35.5. The molecule has 0 saturated heterocycles. The maximum absolute atomic E-state index is 13.1. The molecule has 0 fully saturated rings. The Bertz CT molecular complexity index is 1370. The third kappa shape index (κ3) is 3.33. The Kier molecular flexibility index (Phi) is 4.50. The molecule has 6 nitrogen and oxygen atoms in total. The van der Waals surface area contributed by atoms with E-state index in [9.17, 15) is 9.59 Å². The van der Waals surface area contributed by atoms with E-state index in [4.69, 9.17) is 21.3 Å². The molecular formula is C22H18ClN3O3S. The first-order valence-electron chi connectivity index (χ1n) is 9.54. The topological polar surface area (TPSA) is 74.1 Å². The number of fused-ring (bicyclic) bond motifs is 4. The Morgan fingerprint density at radius 1 is 1.30 bits per heavy atom. The number of thiophene rings is 1. The number of nitrogens with zero attached hydrogens (tertiary/aromatic N) is 3. The Balaban J connectivity index is 1.55. The lowest BCUT2D eigenvalue weighted by atomic mass is 9.95. The van der Waals surface area contributed by atoms with Gasteiger partial charge in [-0.3, -0.25) is 14.2 Å². The van der Waals surface area contributed by atoms with E-state index in [-0.39, 0.29) is 23.5 Å². The smallest absolute Gasteiger partial charge is 0.271 e. The first kappa shape index (κ1) is 19.4.